The van der Waals surface area contributed by atoms with Crippen molar-refractivity contribution in [2.75, 3.05) is 13.1 Å². The highest BCUT2D eigenvalue weighted by Crippen LogP contribution is 2.26. The Morgan fingerprint density at radius 1 is 1.08 bits per heavy atom. The highest BCUT2D eigenvalue weighted by atomic mass is 16.2. The second kappa shape index (κ2) is 11.6. The van der Waals surface area contributed by atoms with Crippen LogP contribution in [0.1, 0.15) is 79.6 Å². The van der Waals surface area contributed by atoms with Gasteiger partial charge in [-0.3, -0.25) is 15.0 Å². The van der Waals surface area contributed by atoms with E-state index < -0.39 is 0 Å². The number of unbranched alkanes of at least 4 members (excludes halogenated alkanes) is 1. The summed E-state index contributed by atoms with van der Waals surface area (Å²) in [6.07, 6.45) is 8.30. The largest absolute Gasteiger partial charge is 0.342 e. The topological polar surface area (TPSA) is 75.4 Å². The van der Waals surface area contributed by atoms with Crippen molar-refractivity contribution in [3.63, 3.8) is 0 Å². The Morgan fingerprint density at radius 3 is 2.23 bits per heavy atom. The first-order chi connectivity index (χ1) is 12.3. The number of piperidine rings is 1. The molecule has 0 radical (unpaired) electrons. The van der Waals surface area contributed by atoms with Crippen LogP contribution in [-0.4, -0.2) is 29.8 Å². The van der Waals surface area contributed by atoms with E-state index in [9.17, 15) is 9.59 Å². The normalized spacial score (nSPS) is 19.3. The summed E-state index contributed by atoms with van der Waals surface area (Å²) in [6.45, 7) is 12.2. The zero-order chi connectivity index (χ0) is 19.7. The summed E-state index contributed by atoms with van der Waals surface area (Å²) in [6, 6.07) is 0. The Balaban J connectivity index is 2.32. The highest BCUT2D eigenvalue weighted by molar-refractivity contribution is 5.79. The number of carbonyl (C=O) groups excluding carboxylic acids is 2. The minimum absolute atomic E-state index is 0.0411. The Kier molecular flexibility index (Phi) is 10.2. The average molecular weight is 368 g/mol. The molecule has 152 valence electrons. The second-order valence-corrected chi connectivity index (χ2v) is 8.86. The molecule has 1 aliphatic heterocycles. The summed E-state index contributed by atoms with van der Waals surface area (Å²) in [4.78, 5) is 26.4. The molecule has 0 aliphatic carbocycles. The Hall–Kier alpha value is -1.10. The van der Waals surface area contributed by atoms with E-state index in [2.05, 4.69) is 19.3 Å². The molecule has 3 N–H and O–H groups in total. The fourth-order valence-corrected chi connectivity index (χ4v) is 3.99. The number of amides is 2. The third-order valence-electron chi connectivity index (χ3n) is 6.13. The van der Waals surface area contributed by atoms with Gasteiger partial charge in [-0.15, -0.1) is 0 Å². The third kappa shape index (κ3) is 7.65. The van der Waals surface area contributed by atoms with Crippen LogP contribution in [0.2, 0.25) is 0 Å². The van der Waals surface area contributed by atoms with Gasteiger partial charge < -0.3 is 4.90 Å². The smallest absolute Gasteiger partial charge is 0.236 e. The molecular formula is C21H41N3O2. The summed E-state index contributed by atoms with van der Waals surface area (Å²) in [5.74, 6) is 6.81. The van der Waals surface area contributed by atoms with Gasteiger partial charge in [-0.1, -0.05) is 60.3 Å². The summed E-state index contributed by atoms with van der Waals surface area (Å²) in [5.41, 5.74) is 2.21. The lowest BCUT2D eigenvalue weighted by atomic mass is 9.85. The molecule has 1 saturated heterocycles. The van der Waals surface area contributed by atoms with Crippen LogP contribution in [0.25, 0.3) is 0 Å². The van der Waals surface area contributed by atoms with E-state index in [0.29, 0.717) is 0 Å². The minimum Gasteiger partial charge on any atom is -0.342 e. The molecule has 0 aromatic heterocycles. The van der Waals surface area contributed by atoms with E-state index in [1.807, 2.05) is 25.7 Å². The number of hydrogen-bond donors (Lipinski definition) is 2. The third-order valence-corrected chi connectivity index (χ3v) is 6.13. The van der Waals surface area contributed by atoms with Crippen molar-refractivity contribution in [2.45, 2.75) is 79.6 Å². The molecule has 1 aliphatic rings. The number of rotatable bonds is 10. The average Bonchev–Trinajstić information content (AvgIpc) is 2.63. The molecule has 5 heteroatoms. The Morgan fingerprint density at radius 2 is 1.69 bits per heavy atom. The van der Waals surface area contributed by atoms with Crippen LogP contribution in [0.4, 0.5) is 0 Å². The van der Waals surface area contributed by atoms with Crippen LogP contribution in [0.3, 0.4) is 0 Å². The second-order valence-electron chi connectivity index (χ2n) is 8.86. The van der Waals surface area contributed by atoms with Crippen molar-refractivity contribution in [2.24, 2.45) is 35.4 Å². The fourth-order valence-electron chi connectivity index (χ4n) is 3.99. The van der Waals surface area contributed by atoms with Gasteiger partial charge in [0.05, 0.1) is 0 Å². The van der Waals surface area contributed by atoms with Crippen LogP contribution in [0, 0.1) is 29.6 Å². The maximum absolute atomic E-state index is 12.7. The van der Waals surface area contributed by atoms with Crippen LogP contribution >= 0.6 is 0 Å². The van der Waals surface area contributed by atoms with E-state index in [-0.39, 0.29) is 29.6 Å². The summed E-state index contributed by atoms with van der Waals surface area (Å²) >= 11 is 0. The van der Waals surface area contributed by atoms with Gasteiger partial charge in [-0.2, -0.15) is 0 Å². The zero-order valence-corrected chi connectivity index (χ0v) is 17.6. The molecule has 0 aromatic carbocycles. The van der Waals surface area contributed by atoms with Gasteiger partial charge in [-0.05, 0) is 37.0 Å². The highest BCUT2D eigenvalue weighted by Gasteiger charge is 2.29. The molecule has 5 nitrogen and oxygen atoms in total. The van der Waals surface area contributed by atoms with Gasteiger partial charge in [0, 0.05) is 24.9 Å². The van der Waals surface area contributed by atoms with Gasteiger partial charge >= 0.3 is 0 Å². The predicted molar refractivity (Wildman–Crippen MR) is 107 cm³/mol. The van der Waals surface area contributed by atoms with Crippen LogP contribution in [-0.2, 0) is 9.59 Å². The van der Waals surface area contributed by atoms with Gasteiger partial charge in [-0.25, -0.2) is 5.84 Å². The number of hydrazine groups is 1. The molecule has 0 spiro atoms. The van der Waals surface area contributed by atoms with Gasteiger partial charge in [0.25, 0.3) is 0 Å². The van der Waals surface area contributed by atoms with E-state index in [4.69, 9.17) is 5.84 Å². The van der Waals surface area contributed by atoms with E-state index in [0.717, 1.165) is 44.2 Å². The standard InChI is InChI=1S/C21H41N3O2/c1-15(2)8-6-7-9-19-10-12-24(13-11-19)21(26)17(4)14-16(3)18(5)20(25)23-22/h15-19H,6-14,22H2,1-5H3,(H,23,25). The van der Waals surface area contributed by atoms with Crippen molar-refractivity contribution in [3.8, 4) is 0 Å². The van der Waals surface area contributed by atoms with Gasteiger partial charge in [0.1, 0.15) is 0 Å². The maximum Gasteiger partial charge on any atom is 0.236 e. The van der Waals surface area contributed by atoms with Gasteiger partial charge in [0.2, 0.25) is 11.8 Å². The Bertz CT molecular complexity index is 431. The van der Waals surface area contributed by atoms with Crippen molar-refractivity contribution in [3.05, 3.63) is 0 Å². The molecule has 26 heavy (non-hydrogen) atoms. The molecule has 1 fully saturated rings. The summed E-state index contributed by atoms with van der Waals surface area (Å²) in [7, 11) is 0. The molecule has 0 bridgehead atoms. The number of nitrogens with two attached hydrogens (primary N) is 1. The quantitative estimate of drug-likeness (QED) is 0.267. The number of nitrogens with one attached hydrogen (secondary N) is 1. The van der Waals surface area contributed by atoms with Crippen LogP contribution < -0.4 is 11.3 Å². The molecule has 0 saturated carbocycles. The van der Waals surface area contributed by atoms with E-state index in [1.165, 1.54) is 25.7 Å². The van der Waals surface area contributed by atoms with Crippen LogP contribution in [0.15, 0.2) is 0 Å². The first kappa shape index (κ1) is 22.9. The maximum atomic E-state index is 12.7. The van der Waals surface area contributed by atoms with Crippen molar-refractivity contribution in [1.29, 1.82) is 0 Å². The predicted octanol–water partition coefficient (Wildman–Crippen LogP) is 3.73. The number of hydrogen-bond acceptors (Lipinski definition) is 3. The van der Waals surface area contributed by atoms with E-state index >= 15 is 0 Å². The first-order valence-corrected chi connectivity index (χ1v) is 10.5. The molecule has 1 rings (SSSR count). The fraction of sp³-hybridized carbons (Fsp3) is 0.905. The lowest BCUT2D eigenvalue weighted by Crippen LogP contribution is -2.42. The van der Waals surface area contributed by atoms with Crippen molar-refractivity contribution < 1.29 is 9.59 Å². The SMILES string of the molecule is CC(C)CCCCC1CCN(C(=O)C(C)CC(C)C(C)C(=O)NN)CC1. The minimum atomic E-state index is -0.174. The molecule has 1 heterocycles. The molecule has 3 unspecified atom stereocenters. The van der Waals surface area contributed by atoms with Crippen molar-refractivity contribution >= 4 is 11.8 Å². The lowest BCUT2D eigenvalue weighted by Gasteiger charge is -2.34. The molecule has 0 aromatic rings. The van der Waals surface area contributed by atoms with Crippen molar-refractivity contribution in [1.82, 2.24) is 10.3 Å². The van der Waals surface area contributed by atoms with Gasteiger partial charge in [0.15, 0.2) is 0 Å². The number of nitrogens with zero attached hydrogens (tertiary/aromatic N) is 1. The van der Waals surface area contributed by atoms with E-state index in [1.54, 1.807) is 0 Å². The lowest BCUT2D eigenvalue weighted by molar-refractivity contribution is -0.137. The summed E-state index contributed by atoms with van der Waals surface area (Å²) in [5, 5.41) is 0. The number of carbonyl (C=O) groups is 2. The monoisotopic (exact) mass is 367 g/mol. The van der Waals surface area contributed by atoms with Crippen LogP contribution in [0.5, 0.6) is 0 Å². The molecular weight excluding hydrogens is 326 g/mol. The summed E-state index contributed by atoms with van der Waals surface area (Å²) < 4.78 is 0. The Labute approximate surface area is 160 Å². The molecule has 3 atom stereocenters. The zero-order valence-electron chi connectivity index (χ0n) is 17.6. The molecule has 2 amide bonds. The first-order valence-electron chi connectivity index (χ1n) is 10.5. The number of likely N-dealkylation sites (tertiary alicyclic amines) is 1.